The summed E-state index contributed by atoms with van der Waals surface area (Å²) in [4.78, 5) is 4.46. The van der Waals surface area contributed by atoms with Crippen molar-refractivity contribution in [3.8, 4) is 5.75 Å². The predicted molar refractivity (Wildman–Crippen MR) is 84.8 cm³/mol. The smallest absolute Gasteiger partial charge is 0.133 e. The molecule has 1 aromatic carbocycles. The molecule has 1 aliphatic carbocycles. The largest absolute Gasteiger partial charge is 0.497 e. The summed E-state index contributed by atoms with van der Waals surface area (Å²) in [6.45, 7) is 1.03. The molecule has 112 valence electrons. The Labute approximate surface area is 125 Å². The maximum Gasteiger partial charge on any atom is 0.133 e. The minimum Gasteiger partial charge on any atom is -0.497 e. The van der Waals surface area contributed by atoms with Crippen LogP contribution in [0.4, 0.5) is 5.82 Å². The number of rotatable bonds is 5. The lowest BCUT2D eigenvalue weighted by atomic mass is 9.87. The fraction of sp³-hybridized carbons (Fsp3) is 0.471. The predicted octanol–water partition coefficient (Wildman–Crippen LogP) is 3.21. The Morgan fingerprint density at radius 3 is 2.81 bits per heavy atom. The third kappa shape index (κ3) is 2.81. The number of anilines is 1. The molecule has 0 unspecified atom stereocenters. The van der Waals surface area contributed by atoms with Gasteiger partial charge in [0.05, 0.1) is 13.7 Å². The number of benzene rings is 1. The van der Waals surface area contributed by atoms with E-state index in [1.54, 1.807) is 7.11 Å². The Bertz CT molecular complexity index is 621. The van der Waals surface area contributed by atoms with Gasteiger partial charge in [0.15, 0.2) is 0 Å². The van der Waals surface area contributed by atoms with Crippen LogP contribution in [-0.2, 0) is 0 Å². The van der Waals surface area contributed by atoms with Gasteiger partial charge >= 0.3 is 0 Å². The van der Waals surface area contributed by atoms with E-state index in [1.807, 2.05) is 30.5 Å². The first-order chi connectivity index (χ1) is 10.3. The van der Waals surface area contributed by atoms with Crippen LogP contribution in [0.25, 0.3) is 10.8 Å². The summed E-state index contributed by atoms with van der Waals surface area (Å²) in [6, 6.07) is 7.98. The Morgan fingerprint density at radius 1 is 1.29 bits per heavy atom. The van der Waals surface area contributed by atoms with Crippen LogP contribution in [0, 0.1) is 5.41 Å². The van der Waals surface area contributed by atoms with Crippen LogP contribution in [0.3, 0.4) is 0 Å². The first kappa shape index (κ1) is 14.1. The Balaban J connectivity index is 1.83. The summed E-state index contributed by atoms with van der Waals surface area (Å²) in [6.07, 6.45) is 6.42. The summed E-state index contributed by atoms with van der Waals surface area (Å²) >= 11 is 0. The van der Waals surface area contributed by atoms with Gasteiger partial charge in [-0.2, -0.15) is 0 Å². The van der Waals surface area contributed by atoms with Gasteiger partial charge in [-0.1, -0.05) is 12.8 Å². The van der Waals surface area contributed by atoms with Gasteiger partial charge in [0, 0.05) is 23.5 Å². The van der Waals surface area contributed by atoms with Crippen LogP contribution < -0.4 is 10.1 Å². The molecule has 1 heterocycles. The van der Waals surface area contributed by atoms with Gasteiger partial charge in [0.2, 0.25) is 0 Å². The number of nitrogens with zero attached hydrogens (tertiary/aromatic N) is 1. The molecular formula is C17H22N2O2. The van der Waals surface area contributed by atoms with Crippen molar-refractivity contribution in [3.63, 3.8) is 0 Å². The molecule has 4 nitrogen and oxygen atoms in total. The highest BCUT2D eigenvalue weighted by Crippen LogP contribution is 2.38. The standard InChI is InChI=1S/C17H22N2O2/c1-21-14-4-5-15-13(10-14)6-9-18-16(15)19-11-17(12-20)7-2-3-8-17/h4-6,9-10,20H,2-3,7-8,11-12H2,1H3,(H,18,19). The average molecular weight is 286 g/mol. The van der Waals surface area contributed by atoms with E-state index in [0.29, 0.717) is 0 Å². The van der Waals surface area contributed by atoms with E-state index < -0.39 is 0 Å². The summed E-state index contributed by atoms with van der Waals surface area (Å²) in [7, 11) is 1.67. The zero-order valence-corrected chi connectivity index (χ0v) is 12.4. The van der Waals surface area contributed by atoms with Crippen LogP contribution >= 0.6 is 0 Å². The van der Waals surface area contributed by atoms with Crippen LogP contribution in [0.15, 0.2) is 30.5 Å². The second kappa shape index (κ2) is 5.90. The van der Waals surface area contributed by atoms with Crippen molar-refractivity contribution in [2.24, 2.45) is 5.41 Å². The molecule has 0 radical (unpaired) electrons. The number of aromatic nitrogens is 1. The second-order valence-corrected chi connectivity index (χ2v) is 5.97. The minimum atomic E-state index is 0.0241. The molecule has 1 aromatic heterocycles. The third-order valence-corrected chi connectivity index (χ3v) is 4.60. The number of methoxy groups -OCH3 is 1. The lowest BCUT2D eigenvalue weighted by Gasteiger charge is -2.27. The van der Waals surface area contributed by atoms with Crippen molar-refractivity contribution >= 4 is 16.6 Å². The molecule has 0 atom stereocenters. The highest BCUT2D eigenvalue weighted by Gasteiger charge is 2.33. The van der Waals surface area contributed by atoms with E-state index in [-0.39, 0.29) is 12.0 Å². The molecule has 0 aliphatic heterocycles. The fourth-order valence-electron chi connectivity index (χ4n) is 3.21. The van der Waals surface area contributed by atoms with Gasteiger partial charge in [-0.05, 0) is 42.5 Å². The van der Waals surface area contributed by atoms with E-state index in [0.717, 1.165) is 41.7 Å². The lowest BCUT2D eigenvalue weighted by Crippen LogP contribution is -2.30. The van der Waals surface area contributed by atoms with Crippen LogP contribution in [0.2, 0.25) is 0 Å². The number of pyridine rings is 1. The van der Waals surface area contributed by atoms with Crippen molar-refractivity contribution in [1.29, 1.82) is 0 Å². The topological polar surface area (TPSA) is 54.4 Å². The number of fused-ring (bicyclic) bond motifs is 1. The van der Waals surface area contributed by atoms with Crippen LogP contribution in [0.5, 0.6) is 5.75 Å². The zero-order chi connectivity index (χ0) is 14.7. The molecule has 2 aromatic rings. The molecule has 1 aliphatic rings. The third-order valence-electron chi connectivity index (χ3n) is 4.60. The zero-order valence-electron chi connectivity index (χ0n) is 12.4. The quantitative estimate of drug-likeness (QED) is 0.886. The van der Waals surface area contributed by atoms with Gasteiger partial charge in [0.1, 0.15) is 11.6 Å². The number of hydrogen-bond acceptors (Lipinski definition) is 4. The molecular weight excluding hydrogens is 264 g/mol. The van der Waals surface area contributed by atoms with Crippen LogP contribution in [0.1, 0.15) is 25.7 Å². The first-order valence-electron chi connectivity index (χ1n) is 7.54. The van der Waals surface area contributed by atoms with E-state index in [9.17, 15) is 5.11 Å². The molecule has 2 N–H and O–H groups in total. The van der Waals surface area contributed by atoms with E-state index in [4.69, 9.17) is 4.74 Å². The molecule has 1 saturated carbocycles. The van der Waals surface area contributed by atoms with Gasteiger partial charge in [0.25, 0.3) is 0 Å². The van der Waals surface area contributed by atoms with E-state index in [2.05, 4.69) is 10.3 Å². The normalized spacial score (nSPS) is 17.0. The minimum absolute atomic E-state index is 0.0241. The van der Waals surface area contributed by atoms with Crippen molar-refractivity contribution in [2.45, 2.75) is 25.7 Å². The maximum atomic E-state index is 9.70. The molecule has 0 saturated heterocycles. The first-order valence-corrected chi connectivity index (χ1v) is 7.54. The monoisotopic (exact) mass is 286 g/mol. The summed E-state index contributed by atoms with van der Waals surface area (Å²) in [5.41, 5.74) is 0.0241. The molecule has 21 heavy (non-hydrogen) atoms. The Morgan fingerprint density at radius 2 is 2.10 bits per heavy atom. The molecule has 0 amide bonds. The van der Waals surface area contributed by atoms with Crippen molar-refractivity contribution in [3.05, 3.63) is 30.5 Å². The molecule has 4 heteroatoms. The fourth-order valence-corrected chi connectivity index (χ4v) is 3.21. The van der Waals surface area contributed by atoms with Gasteiger partial charge in [-0.15, -0.1) is 0 Å². The van der Waals surface area contributed by atoms with E-state index >= 15 is 0 Å². The van der Waals surface area contributed by atoms with Gasteiger partial charge in [-0.25, -0.2) is 4.98 Å². The number of aliphatic hydroxyl groups is 1. The summed E-state index contributed by atoms with van der Waals surface area (Å²) < 4.78 is 5.26. The SMILES string of the molecule is COc1ccc2c(NCC3(CO)CCCC3)nccc2c1. The molecule has 3 rings (SSSR count). The summed E-state index contributed by atoms with van der Waals surface area (Å²) in [5.74, 6) is 1.73. The number of nitrogens with one attached hydrogen (secondary N) is 1. The van der Waals surface area contributed by atoms with Crippen molar-refractivity contribution in [1.82, 2.24) is 4.98 Å². The number of ether oxygens (including phenoxy) is 1. The highest BCUT2D eigenvalue weighted by molar-refractivity contribution is 5.92. The number of hydrogen-bond donors (Lipinski definition) is 2. The van der Waals surface area contributed by atoms with E-state index in [1.165, 1.54) is 12.8 Å². The van der Waals surface area contributed by atoms with Crippen molar-refractivity contribution < 1.29 is 9.84 Å². The van der Waals surface area contributed by atoms with Gasteiger partial charge in [-0.3, -0.25) is 0 Å². The lowest BCUT2D eigenvalue weighted by molar-refractivity contribution is 0.142. The van der Waals surface area contributed by atoms with Crippen LogP contribution in [-0.4, -0.2) is 30.4 Å². The highest BCUT2D eigenvalue weighted by atomic mass is 16.5. The molecule has 0 bridgehead atoms. The number of aliphatic hydroxyl groups excluding tert-OH is 1. The molecule has 1 fully saturated rings. The van der Waals surface area contributed by atoms with Gasteiger partial charge < -0.3 is 15.2 Å². The Hall–Kier alpha value is -1.81. The summed E-state index contributed by atoms with van der Waals surface area (Å²) in [5, 5.41) is 15.3. The maximum absolute atomic E-state index is 9.70. The Kier molecular flexibility index (Phi) is 3.97. The van der Waals surface area contributed by atoms with Crippen molar-refractivity contribution in [2.75, 3.05) is 25.6 Å². The average Bonchev–Trinajstić information content (AvgIpc) is 3.01. The second-order valence-electron chi connectivity index (χ2n) is 5.97. The molecule has 0 spiro atoms.